The zero-order chi connectivity index (χ0) is 13.1. The van der Waals surface area contributed by atoms with Gasteiger partial charge in [-0.25, -0.2) is 13.4 Å². The molecule has 0 aliphatic carbocycles. The molecule has 0 amide bonds. The van der Waals surface area contributed by atoms with E-state index in [9.17, 15) is 8.42 Å². The lowest BCUT2D eigenvalue weighted by molar-refractivity contribution is 0.312. The lowest BCUT2D eigenvalue weighted by Crippen LogP contribution is -2.42. The van der Waals surface area contributed by atoms with Gasteiger partial charge in [0, 0.05) is 6.04 Å². The first-order chi connectivity index (χ1) is 7.89. The number of oxime groups is 1. The van der Waals surface area contributed by atoms with Crippen LogP contribution in [0.25, 0.3) is 0 Å². The van der Waals surface area contributed by atoms with Crippen molar-refractivity contribution in [2.45, 2.75) is 24.9 Å². The van der Waals surface area contributed by atoms with Gasteiger partial charge in [-0.05, 0) is 13.8 Å². The minimum Gasteiger partial charge on any atom is -0.409 e. The fourth-order valence-electron chi connectivity index (χ4n) is 1.25. The molecule has 1 rings (SSSR count). The number of hydrogen-bond donors (Lipinski definition) is 3. The van der Waals surface area contributed by atoms with Gasteiger partial charge in [-0.2, -0.15) is 4.31 Å². The van der Waals surface area contributed by atoms with Crippen LogP contribution >= 0.6 is 0 Å². The molecule has 0 aliphatic rings. The van der Waals surface area contributed by atoms with Crippen molar-refractivity contribution in [1.29, 1.82) is 0 Å². The summed E-state index contributed by atoms with van der Waals surface area (Å²) in [6.07, 6.45) is 2.48. The van der Waals surface area contributed by atoms with Gasteiger partial charge in [0.05, 0.1) is 19.1 Å². The van der Waals surface area contributed by atoms with E-state index in [2.05, 4.69) is 15.1 Å². The van der Waals surface area contributed by atoms with Crippen LogP contribution < -0.4 is 5.73 Å². The average Bonchev–Trinajstić information content (AvgIpc) is 2.78. The highest BCUT2D eigenvalue weighted by molar-refractivity contribution is 7.89. The maximum atomic E-state index is 12.1. The Morgan fingerprint density at radius 3 is 2.76 bits per heavy atom. The molecule has 96 valence electrons. The number of aromatic amines is 1. The van der Waals surface area contributed by atoms with Crippen LogP contribution in [0.1, 0.15) is 13.8 Å². The van der Waals surface area contributed by atoms with Gasteiger partial charge in [0.2, 0.25) is 0 Å². The Hall–Kier alpha value is -1.61. The summed E-state index contributed by atoms with van der Waals surface area (Å²) in [5.74, 6) is -0.179. The molecule has 0 atom stereocenters. The first-order valence-electron chi connectivity index (χ1n) is 4.86. The normalized spacial score (nSPS) is 13.5. The van der Waals surface area contributed by atoms with E-state index in [0.29, 0.717) is 0 Å². The van der Waals surface area contributed by atoms with Crippen molar-refractivity contribution in [3.05, 3.63) is 12.5 Å². The predicted octanol–water partition coefficient (Wildman–Crippen LogP) is -0.445. The van der Waals surface area contributed by atoms with Gasteiger partial charge < -0.3 is 15.9 Å². The highest BCUT2D eigenvalue weighted by Crippen LogP contribution is 2.14. The average molecular weight is 261 g/mol. The number of H-pyrrole nitrogens is 1. The lowest BCUT2D eigenvalue weighted by atomic mass is 10.4. The molecule has 0 radical (unpaired) electrons. The molecule has 8 nitrogen and oxygen atoms in total. The maximum Gasteiger partial charge on any atom is 0.260 e. The van der Waals surface area contributed by atoms with Crippen molar-refractivity contribution in [3.63, 3.8) is 0 Å². The molecule has 0 aliphatic heterocycles. The van der Waals surface area contributed by atoms with E-state index in [0.717, 1.165) is 4.31 Å². The molecule has 0 bridgehead atoms. The summed E-state index contributed by atoms with van der Waals surface area (Å²) in [5.41, 5.74) is 5.33. The van der Waals surface area contributed by atoms with Gasteiger partial charge in [-0.3, -0.25) is 0 Å². The monoisotopic (exact) mass is 261 g/mol. The number of aromatic nitrogens is 2. The number of nitrogens with one attached hydrogen (secondary N) is 1. The van der Waals surface area contributed by atoms with Gasteiger partial charge in [-0.1, -0.05) is 5.16 Å². The second-order valence-electron chi connectivity index (χ2n) is 3.65. The Morgan fingerprint density at radius 1 is 1.71 bits per heavy atom. The molecule has 9 heteroatoms. The number of nitrogens with zero attached hydrogens (tertiary/aromatic N) is 3. The summed E-state index contributed by atoms with van der Waals surface area (Å²) >= 11 is 0. The van der Waals surface area contributed by atoms with Crippen molar-refractivity contribution in [3.8, 4) is 0 Å². The minimum absolute atomic E-state index is 0.0306. The van der Waals surface area contributed by atoms with Gasteiger partial charge in [-0.15, -0.1) is 0 Å². The van der Waals surface area contributed by atoms with Crippen molar-refractivity contribution >= 4 is 15.9 Å². The summed E-state index contributed by atoms with van der Waals surface area (Å²) in [5, 5.41) is 11.2. The summed E-state index contributed by atoms with van der Waals surface area (Å²) in [4.78, 5) is 6.18. The fourth-order valence-corrected chi connectivity index (χ4v) is 2.75. The van der Waals surface area contributed by atoms with E-state index in [1.54, 1.807) is 13.8 Å². The van der Waals surface area contributed by atoms with Gasteiger partial charge in [0.15, 0.2) is 10.9 Å². The van der Waals surface area contributed by atoms with Crippen LogP contribution in [-0.2, 0) is 10.0 Å². The van der Waals surface area contributed by atoms with Crippen molar-refractivity contribution in [2.75, 3.05) is 6.54 Å². The molecule has 4 N–H and O–H groups in total. The summed E-state index contributed by atoms with van der Waals surface area (Å²) in [7, 11) is -3.72. The van der Waals surface area contributed by atoms with Crippen LogP contribution in [0.5, 0.6) is 0 Å². The third kappa shape index (κ3) is 2.94. The zero-order valence-electron chi connectivity index (χ0n) is 9.53. The molecule has 1 aromatic heterocycles. The zero-order valence-corrected chi connectivity index (χ0v) is 10.3. The molecule has 0 fully saturated rings. The molecule has 0 saturated heterocycles. The van der Waals surface area contributed by atoms with Crippen molar-refractivity contribution < 1.29 is 13.6 Å². The molecular weight excluding hydrogens is 246 g/mol. The van der Waals surface area contributed by atoms with Crippen LogP contribution in [0, 0.1) is 0 Å². The molecule has 17 heavy (non-hydrogen) atoms. The second-order valence-corrected chi connectivity index (χ2v) is 5.51. The van der Waals surface area contributed by atoms with Gasteiger partial charge in [0.1, 0.15) is 0 Å². The van der Waals surface area contributed by atoms with Crippen LogP contribution in [-0.4, -0.2) is 46.3 Å². The van der Waals surface area contributed by atoms with Crippen LogP contribution in [0.15, 0.2) is 22.7 Å². The van der Waals surface area contributed by atoms with Gasteiger partial charge in [0.25, 0.3) is 10.0 Å². The van der Waals surface area contributed by atoms with Crippen LogP contribution in [0.2, 0.25) is 0 Å². The number of sulfonamides is 1. The highest BCUT2D eigenvalue weighted by Gasteiger charge is 2.28. The van der Waals surface area contributed by atoms with E-state index in [1.807, 2.05) is 0 Å². The topological polar surface area (TPSA) is 125 Å². The molecule has 0 unspecified atom stereocenters. The van der Waals surface area contributed by atoms with Crippen LogP contribution in [0.4, 0.5) is 0 Å². The fraction of sp³-hybridized carbons (Fsp3) is 0.500. The number of rotatable bonds is 5. The third-order valence-electron chi connectivity index (χ3n) is 2.08. The van der Waals surface area contributed by atoms with Crippen molar-refractivity contribution in [2.24, 2.45) is 10.9 Å². The number of nitrogens with two attached hydrogens (primary N) is 1. The number of hydrogen-bond acceptors (Lipinski definition) is 5. The molecule has 0 spiro atoms. The summed E-state index contributed by atoms with van der Waals surface area (Å²) < 4.78 is 25.4. The Kier molecular flexibility index (Phi) is 4.07. The third-order valence-corrected chi connectivity index (χ3v) is 4.03. The lowest BCUT2D eigenvalue weighted by Gasteiger charge is -2.24. The Bertz CT molecular complexity index is 479. The molecule has 1 heterocycles. The minimum atomic E-state index is -3.72. The quantitative estimate of drug-likeness (QED) is 0.287. The molecular formula is C8H15N5O3S. The summed E-state index contributed by atoms with van der Waals surface area (Å²) in [6, 6.07) is -0.330. The van der Waals surface area contributed by atoms with E-state index in [-0.39, 0.29) is 23.4 Å². The molecule has 0 aromatic carbocycles. The van der Waals surface area contributed by atoms with E-state index in [1.165, 1.54) is 12.5 Å². The Labute approximate surface area is 99.2 Å². The van der Waals surface area contributed by atoms with Gasteiger partial charge >= 0.3 is 0 Å². The first-order valence-corrected chi connectivity index (χ1v) is 6.30. The van der Waals surface area contributed by atoms with E-state index in [4.69, 9.17) is 10.9 Å². The number of imidazole rings is 1. The SMILES string of the molecule is CC(C)N(CC(N)=NO)S(=O)(=O)c1cnc[nH]1. The van der Waals surface area contributed by atoms with E-state index < -0.39 is 10.0 Å². The molecule has 1 aromatic rings. The largest absolute Gasteiger partial charge is 0.409 e. The Balaban J connectivity index is 3.08. The molecule has 0 saturated carbocycles. The predicted molar refractivity (Wildman–Crippen MR) is 61.0 cm³/mol. The number of amidine groups is 1. The summed E-state index contributed by atoms with van der Waals surface area (Å²) in [6.45, 7) is 3.20. The smallest absolute Gasteiger partial charge is 0.260 e. The van der Waals surface area contributed by atoms with E-state index >= 15 is 0 Å². The Morgan fingerprint density at radius 2 is 2.35 bits per heavy atom. The second kappa shape index (κ2) is 5.15. The highest BCUT2D eigenvalue weighted by atomic mass is 32.2. The first kappa shape index (κ1) is 13.5. The van der Waals surface area contributed by atoms with Crippen molar-refractivity contribution in [1.82, 2.24) is 14.3 Å². The van der Waals surface area contributed by atoms with Crippen LogP contribution in [0.3, 0.4) is 0 Å². The maximum absolute atomic E-state index is 12.1. The standard InChI is InChI=1S/C8H15N5O3S/c1-6(2)13(4-7(9)12-14)17(15,16)8-3-10-5-11-8/h3,5-6,14H,4H2,1-2H3,(H2,9,12)(H,10,11).